The van der Waals surface area contributed by atoms with Crippen molar-refractivity contribution in [2.45, 2.75) is 19.8 Å². The molecule has 4 nitrogen and oxygen atoms in total. The molecule has 1 unspecified atom stereocenters. The molecule has 3 rings (SSSR count). The normalized spacial score (nSPS) is 13.2. The molecule has 0 amide bonds. The van der Waals surface area contributed by atoms with Crippen molar-refractivity contribution in [3.63, 3.8) is 0 Å². The number of nitrogens with zero attached hydrogens (tertiary/aromatic N) is 2. The lowest BCUT2D eigenvalue weighted by atomic mass is 9.75. The highest BCUT2D eigenvalue weighted by atomic mass is 32.1. The highest BCUT2D eigenvalue weighted by Gasteiger charge is 2.30. The van der Waals surface area contributed by atoms with Crippen LogP contribution in [0.5, 0.6) is 0 Å². The first-order valence-electron chi connectivity index (χ1n) is 7.70. The number of thiophene rings is 1. The van der Waals surface area contributed by atoms with Gasteiger partial charge in [-0.1, -0.05) is 44.2 Å². The minimum Gasteiger partial charge on any atom is -0.396 e. The SMILES string of the molecule is CC(C)(CO)C(CNc1ncnc2sccc12)c1ccccc1. The van der Waals surface area contributed by atoms with E-state index in [2.05, 4.69) is 41.3 Å². The molecule has 2 heterocycles. The zero-order valence-corrected chi connectivity index (χ0v) is 14.2. The highest BCUT2D eigenvalue weighted by Crippen LogP contribution is 2.35. The Bertz CT molecular complexity index is 770. The zero-order valence-electron chi connectivity index (χ0n) is 13.4. The Morgan fingerprint density at radius 2 is 1.96 bits per heavy atom. The second-order valence-corrected chi connectivity index (χ2v) is 7.25. The van der Waals surface area contributed by atoms with Crippen LogP contribution in [-0.2, 0) is 0 Å². The van der Waals surface area contributed by atoms with Gasteiger partial charge in [0, 0.05) is 19.1 Å². The maximum absolute atomic E-state index is 9.81. The summed E-state index contributed by atoms with van der Waals surface area (Å²) in [7, 11) is 0. The molecule has 2 aromatic heterocycles. The molecule has 3 aromatic rings. The Hall–Kier alpha value is -1.98. The molecule has 0 fully saturated rings. The van der Waals surface area contributed by atoms with Crippen LogP contribution in [0.4, 0.5) is 5.82 Å². The summed E-state index contributed by atoms with van der Waals surface area (Å²) in [5.74, 6) is 1.03. The number of hydrogen-bond donors (Lipinski definition) is 2. The summed E-state index contributed by atoms with van der Waals surface area (Å²) >= 11 is 1.61. The number of benzene rings is 1. The summed E-state index contributed by atoms with van der Waals surface area (Å²) in [6, 6.07) is 12.4. The van der Waals surface area contributed by atoms with E-state index in [1.165, 1.54) is 5.56 Å². The van der Waals surface area contributed by atoms with E-state index in [1.54, 1.807) is 17.7 Å². The van der Waals surface area contributed by atoms with Gasteiger partial charge in [-0.25, -0.2) is 9.97 Å². The molecule has 5 heteroatoms. The second kappa shape index (κ2) is 6.64. The first-order valence-corrected chi connectivity index (χ1v) is 8.57. The van der Waals surface area contributed by atoms with E-state index in [1.807, 2.05) is 29.6 Å². The lowest BCUT2D eigenvalue weighted by Gasteiger charge is -2.33. The Kier molecular flexibility index (Phi) is 4.59. The van der Waals surface area contributed by atoms with Gasteiger partial charge in [-0.3, -0.25) is 0 Å². The molecule has 120 valence electrons. The summed E-state index contributed by atoms with van der Waals surface area (Å²) in [4.78, 5) is 9.64. The van der Waals surface area contributed by atoms with Crippen LogP contribution in [0, 0.1) is 5.41 Å². The van der Waals surface area contributed by atoms with E-state index in [-0.39, 0.29) is 17.9 Å². The summed E-state index contributed by atoms with van der Waals surface area (Å²) in [6.07, 6.45) is 1.59. The fourth-order valence-corrected chi connectivity index (χ4v) is 3.50. The minimum absolute atomic E-state index is 0.131. The third kappa shape index (κ3) is 3.35. The average molecular weight is 327 g/mol. The van der Waals surface area contributed by atoms with Gasteiger partial charge in [0.25, 0.3) is 0 Å². The topological polar surface area (TPSA) is 58.0 Å². The molecule has 0 bridgehead atoms. The molecule has 0 saturated carbocycles. The van der Waals surface area contributed by atoms with Gasteiger partial charge in [0.05, 0.1) is 5.39 Å². The number of aliphatic hydroxyl groups excluding tert-OH is 1. The van der Waals surface area contributed by atoms with Crippen molar-refractivity contribution in [1.29, 1.82) is 0 Å². The fraction of sp³-hybridized carbons (Fsp3) is 0.333. The van der Waals surface area contributed by atoms with Gasteiger partial charge < -0.3 is 10.4 Å². The number of aliphatic hydroxyl groups is 1. The van der Waals surface area contributed by atoms with Crippen LogP contribution in [0.15, 0.2) is 48.1 Å². The summed E-state index contributed by atoms with van der Waals surface area (Å²) in [5.41, 5.74) is 0.990. The van der Waals surface area contributed by atoms with Crippen LogP contribution in [-0.4, -0.2) is 28.2 Å². The number of hydrogen-bond acceptors (Lipinski definition) is 5. The van der Waals surface area contributed by atoms with Crippen molar-refractivity contribution in [3.8, 4) is 0 Å². The van der Waals surface area contributed by atoms with Crippen molar-refractivity contribution in [1.82, 2.24) is 9.97 Å². The van der Waals surface area contributed by atoms with E-state index in [0.717, 1.165) is 16.0 Å². The third-order valence-corrected chi connectivity index (χ3v) is 5.11. The Morgan fingerprint density at radius 3 is 2.70 bits per heavy atom. The Labute approximate surface area is 140 Å². The lowest BCUT2D eigenvalue weighted by molar-refractivity contribution is 0.134. The van der Waals surface area contributed by atoms with Crippen molar-refractivity contribution in [2.75, 3.05) is 18.5 Å². The molecule has 1 atom stereocenters. The van der Waals surface area contributed by atoms with Gasteiger partial charge in [0.2, 0.25) is 0 Å². The van der Waals surface area contributed by atoms with Gasteiger partial charge >= 0.3 is 0 Å². The van der Waals surface area contributed by atoms with Crippen LogP contribution in [0.2, 0.25) is 0 Å². The van der Waals surface area contributed by atoms with Gasteiger partial charge in [-0.05, 0) is 22.4 Å². The Balaban J connectivity index is 1.86. The molecule has 0 aliphatic heterocycles. The van der Waals surface area contributed by atoms with Crippen LogP contribution in [0.25, 0.3) is 10.2 Å². The zero-order chi connectivity index (χ0) is 16.3. The highest BCUT2D eigenvalue weighted by molar-refractivity contribution is 7.16. The summed E-state index contributed by atoms with van der Waals surface area (Å²) < 4.78 is 0. The van der Waals surface area contributed by atoms with E-state index < -0.39 is 0 Å². The van der Waals surface area contributed by atoms with Crippen LogP contribution in [0.3, 0.4) is 0 Å². The first-order chi connectivity index (χ1) is 11.1. The maximum atomic E-state index is 9.81. The molecule has 0 aliphatic rings. The Morgan fingerprint density at radius 1 is 1.17 bits per heavy atom. The summed E-state index contributed by atoms with van der Waals surface area (Å²) in [5, 5.41) is 16.3. The largest absolute Gasteiger partial charge is 0.396 e. The molecule has 0 spiro atoms. The van der Waals surface area contributed by atoms with E-state index in [4.69, 9.17) is 0 Å². The van der Waals surface area contributed by atoms with Crippen molar-refractivity contribution in [3.05, 3.63) is 53.7 Å². The standard InChI is InChI=1S/C18H21N3OS/c1-18(2,11-22)15(13-6-4-3-5-7-13)10-19-16-14-8-9-23-17(14)21-12-20-16/h3-9,12,15,22H,10-11H2,1-2H3,(H,19,20,21). The number of nitrogens with one attached hydrogen (secondary N) is 1. The predicted octanol–water partition coefficient (Wildman–Crippen LogP) is 3.91. The lowest BCUT2D eigenvalue weighted by Crippen LogP contribution is -2.31. The van der Waals surface area contributed by atoms with Gasteiger partial charge in [0.15, 0.2) is 0 Å². The number of rotatable bonds is 6. The molecule has 2 N–H and O–H groups in total. The van der Waals surface area contributed by atoms with E-state index >= 15 is 0 Å². The van der Waals surface area contributed by atoms with Crippen LogP contribution >= 0.6 is 11.3 Å². The van der Waals surface area contributed by atoms with Gasteiger partial charge in [0.1, 0.15) is 17.0 Å². The van der Waals surface area contributed by atoms with Crippen LogP contribution < -0.4 is 5.32 Å². The van der Waals surface area contributed by atoms with E-state index in [0.29, 0.717) is 6.54 Å². The monoisotopic (exact) mass is 327 g/mol. The third-order valence-electron chi connectivity index (χ3n) is 4.29. The van der Waals surface area contributed by atoms with Crippen molar-refractivity contribution >= 4 is 27.4 Å². The van der Waals surface area contributed by atoms with E-state index in [9.17, 15) is 5.11 Å². The van der Waals surface area contributed by atoms with Crippen molar-refractivity contribution in [2.24, 2.45) is 5.41 Å². The number of anilines is 1. The molecule has 1 aromatic carbocycles. The molecular weight excluding hydrogens is 306 g/mol. The first kappa shape index (κ1) is 15.9. The summed E-state index contributed by atoms with van der Waals surface area (Å²) in [6.45, 7) is 5.02. The maximum Gasteiger partial charge on any atom is 0.138 e. The molecular formula is C18H21N3OS. The molecule has 0 saturated heterocycles. The van der Waals surface area contributed by atoms with Gasteiger partial charge in [-0.2, -0.15) is 0 Å². The molecule has 23 heavy (non-hydrogen) atoms. The minimum atomic E-state index is -0.227. The second-order valence-electron chi connectivity index (χ2n) is 6.35. The van der Waals surface area contributed by atoms with Gasteiger partial charge in [-0.15, -0.1) is 11.3 Å². The average Bonchev–Trinajstić information content (AvgIpc) is 3.05. The quantitative estimate of drug-likeness (QED) is 0.721. The van der Waals surface area contributed by atoms with Crippen LogP contribution in [0.1, 0.15) is 25.3 Å². The predicted molar refractivity (Wildman–Crippen MR) is 96.0 cm³/mol. The smallest absolute Gasteiger partial charge is 0.138 e. The fourth-order valence-electron chi connectivity index (χ4n) is 2.77. The number of fused-ring (bicyclic) bond motifs is 1. The molecule has 0 radical (unpaired) electrons. The number of aromatic nitrogens is 2. The van der Waals surface area contributed by atoms with Crippen molar-refractivity contribution < 1.29 is 5.11 Å². The molecule has 0 aliphatic carbocycles.